The van der Waals surface area contributed by atoms with Crippen molar-refractivity contribution in [3.63, 3.8) is 0 Å². The molecule has 1 amide bonds. The number of hydrogen-bond donors (Lipinski definition) is 2. The Labute approximate surface area is 144 Å². The van der Waals surface area contributed by atoms with Crippen molar-refractivity contribution in [1.82, 2.24) is 4.98 Å². The molecule has 2 heterocycles. The second kappa shape index (κ2) is 5.10. The van der Waals surface area contributed by atoms with Crippen LogP contribution in [-0.4, -0.2) is 22.5 Å². The van der Waals surface area contributed by atoms with Crippen LogP contribution in [0, 0.1) is 6.92 Å². The summed E-state index contributed by atoms with van der Waals surface area (Å²) in [4.78, 5) is 18.0. The van der Waals surface area contributed by atoms with E-state index in [4.69, 9.17) is 11.6 Å². The van der Waals surface area contributed by atoms with E-state index in [1.165, 1.54) is 0 Å². The van der Waals surface area contributed by atoms with Crippen LogP contribution in [0.4, 0.5) is 5.69 Å². The zero-order valence-corrected chi connectivity index (χ0v) is 14.2. The Morgan fingerprint density at radius 1 is 1.25 bits per heavy atom. The Kier molecular flexibility index (Phi) is 3.24. The second-order valence-electron chi connectivity index (χ2n) is 6.09. The summed E-state index contributed by atoms with van der Waals surface area (Å²) in [5, 5.41) is 12.9. The molecule has 0 aliphatic carbocycles. The molecule has 0 radical (unpaired) electrons. The van der Waals surface area contributed by atoms with Crippen LogP contribution in [0.2, 0.25) is 5.02 Å². The Morgan fingerprint density at radius 3 is 2.75 bits per heavy atom. The Balaban J connectivity index is 2.08. The first kappa shape index (κ1) is 15.2. The van der Waals surface area contributed by atoms with Gasteiger partial charge >= 0.3 is 0 Å². The number of aromatic nitrogens is 1. The van der Waals surface area contributed by atoms with Crippen LogP contribution in [0.15, 0.2) is 42.5 Å². The van der Waals surface area contributed by atoms with Crippen molar-refractivity contribution in [3.8, 4) is 0 Å². The maximum atomic E-state index is 13.1. The predicted octanol–water partition coefficient (Wildman–Crippen LogP) is 3.73. The lowest BCUT2D eigenvalue weighted by Crippen LogP contribution is -2.41. The van der Waals surface area contributed by atoms with Gasteiger partial charge in [-0.05, 0) is 38.1 Å². The standard InChI is InChI=1S/C19H17ClN2O2/c1-3-22-16-9-8-12(20)10-14(16)19(24,18(22)23)17-11(2)21-15-7-5-4-6-13(15)17/h4-10,21,24H,3H2,1-2H3/t19-/m1/s1. The zero-order valence-electron chi connectivity index (χ0n) is 13.4. The number of nitrogens with zero attached hydrogens (tertiary/aromatic N) is 1. The number of aryl methyl sites for hydroxylation is 1. The quantitative estimate of drug-likeness (QED) is 0.746. The van der Waals surface area contributed by atoms with E-state index in [9.17, 15) is 9.90 Å². The van der Waals surface area contributed by atoms with Crippen molar-refractivity contribution in [2.75, 3.05) is 11.4 Å². The number of nitrogens with one attached hydrogen (secondary N) is 1. The van der Waals surface area contributed by atoms with Gasteiger partial charge in [0.1, 0.15) is 0 Å². The largest absolute Gasteiger partial charge is 0.372 e. The van der Waals surface area contributed by atoms with Crippen molar-refractivity contribution >= 4 is 34.1 Å². The molecule has 24 heavy (non-hydrogen) atoms. The molecular formula is C19H17ClN2O2. The maximum Gasteiger partial charge on any atom is 0.268 e. The summed E-state index contributed by atoms with van der Waals surface area (Å²) < 4.78 is 0. The second-order valence-corrected chi connectivity index (χ2v) is 6.53. The number of fused-ring (bicyclic) bond motifs is 2. The van der Waals surface area contributed by atoms with Crippen molar-refractivity contribution in [3.05, 3.63) is 64.3 Å². The highest BCUT2D eigenvalue weighted by molar-refractivity contribution is 6.31. The van der Waals surface area contributed by atoms with Crippen molar-refractivity contribution in [1.29, 1.82) is 0 Å². The molecule has 1 aliphatic rings. The molecule has 2 aromatic carbocycles. The molecule has 3 aromatic rings. The third-order valence-corrected chi connectivity index (χ3v) is 5.00. The first-order valence-electron chi connectivity index (χ1n) is 7.90. The third kappa shape index (κ3) is 1.81. The van der Waals surface area contributed by atoms with Gasteiger partial charge in [0.25, 0.3) is 5.91 Å². The molecule has 0 bridgehead atoms. The summed E-state index contributed by atoms with van der Waals surface area (Å²) in [6, 6.07) is 12.9. The molecule has 1 atom stereocenters. The zero-order chi connectivity index (χ0) is 17.1. The Bertz CT molecular complexity index is 979. The van der Waals surface area contributed by atoms with Crippen LogP contribution >= 0.6 is 11.6 Å². The first-order chi connectivity index (χ1) is 11.5. The van der Waals surface area contributed by atoms with E-state index >= 15 is 0 Å². The number of halogens is 1. The lowest BCUT2D eigenvalue weighted by molar-refractivity contribution is -0.132. The van der Waals surface area contributed by atoms with Gasteiger partial charge in [0, 0.05) is 39.3 Å². The molecule has 0 saturated heterocycles. The highest BCUT2D eigenvalue weighted by Gasteiger charge is 2.52. The number of carbonyl (C=O) groups excluding carboxylic acids is 1. The highest BCUT2D eigenvalue weighted by atomic mass is 35.5. The van der Waals surface area contributed by atoms with Gasteiger partial charge in [-0.15, -0.1) is 0 Å². The fraction of sp³-hybridized carbons (Fsp3) is 0.211. The summed E-state index contributed by atoms with van der Waals surface area (Å²) in [5.74, 6) is -0.338. The summed E-state index contributed by atoms with van der Waals surface area (Å²) in [7, 11) is 0. The number of aliphatic hydroxyl groups is 1. The molecule has 1 aromatic heterocycles. The monoisotopic (exact) mass is 340 g/mol. The summed E-state index contributed by atoms with van der Waals surface area (Å²) in [6.07, 6.45) is 0. The fourth-order valence-electron chi connectivity index (χ4n) is 3.75. The number of carbonyl (C=O) groups is 1. The van der Waals surface area contributed by atoms with E-state index in [1.54, 1.807) is 23.1 Å². The molecule has 5 heteroatoms. The van der Waals surface area contributed by atoms with E-state index < -0.39 is 5.60 Å². The minimum absolute atomic E-state index is 0.338. The van der Waals surface area contributed by atoms with Gasteiger partial charge in [0.05, 0.1) is 5.69 Å². The van der Waals surface area contributed by atoms with Gasteiger partial charge in [0.15, 0.2) is 5.60 Å². The molecule has 0 fully saturated rings. The van der Waals surface area contributed by atoms with Gasteiger partial charge in [-0.1, -0.05) is 29.8 Å². The number of para-hydroxylation sites is 1. The van der Waals surface area contributed by atoms with Crippen LogP contribution in [0.5, 0.6) is 0 Å². The SMILES string of the molecule is CCN1C(=O)[C@](O)(c2c(C)[nH]c3ccccc23)c2cc(Cl)ccc21. The van der Waals surface area contributed by atoms with Crippen molar-refractivity contribution in [2.45, 2.75) is 19.4 Å². The topological polar surface area (TPSA) is 56.3 Å². The number of anilines is 1. The number of hydrogen-bond acceptors (Lipinski definition) is 2. The van der Waals surface area contributed by atoms with E-state index in [1.807, 2.05) is 38.1 Å². The molecule has 4 rings (SSSR count). The van der Waals surface area contributed by atoms with Gasteiger partial charge < -0.3 is 15.0 Å². The van der Waals surface area contributed by atoms with Gasteiger partial charge in [-0.3, -0.25) is 4.79 Å². The van der Waals surface area contributed by atoms with Crippen LogP contribution < -0.4 is 4.90 Å². The maximum absolute atomic E-state index is 13.1. The van der Waals surface area contributed by atoms with Gasteiger partial charge in [-0.25, -0.2) is 0 Å². The molecule has 2 N–H and O–H groups in total. The summed E-state index contributed by atoms with van der Waals surface area (Å²) >= 11 is 6.16. The molecule has 1 aliphatic heterocycles. The van der Waals surface area contributed by atoms with E-state index in [-0.39, 0.29) is 5.91 Å². The number of likely N-dealkylation sites (N-methyl/N-ethyl adjacent to an activating group) is 1. The lowest BCUT2D eigenvalue weighted by atomic mass is 9.85. The molecule has 0 unspecified atom stereocenters. The van der Waals surface area contributed by atoms with E-state index in [2.05, 4.69) is 4.98 Å². The minimum Gasteiger partial charge on any atom is -0.372 e. The smallest absolute Gasteiger partial charge is 0.268 e. The lowest BCUT2D eigenvalue weighted by Gasteiger charge is -2.23. The molecule has 4 nitrogen and oxygen atoms in total. The minimum atomic E-state index is -1.74. The first-order valence-corrected chi connectivity index (χ1v) is 8.28. The van der Waals surface area contributed by atoms with Gasteiger partial charge in [0.2, 0.25) is 0 Å². The normalized spacial score (nSPS) is 20.0. The van der Waals surface area contributed by atoms with Gasteiger partial charge in [-0.2, -0.15) is 0 Å². The molecule has 122 valence electrons. The number of aromatic amines is 1. The molecule has 0 saturated carbocycles. The van der Waals surface area contributed by atoms with Crippen molar-refractivity contribution in [2.24, 2.45) is 0 Å². The molecule has 0 spiro atoms. The van der Waals surface area contributed by atoms with Crippen LogP contribution in [-0.2, 0) is 10.4 Å². The Hall–Kier alpha value is -2.30. The number of benzene rings is 2. The van der Waals surface area contributed by atoms with Crippen LogP contribution in [0.3, 0.4) is 0 Å². The number of amides is 1. The fourth-order valence-corrected chi connectivity index (χ4v) is 3.92. The van der Waals surface area contributed by atoms with Crippen LogP contribution in [0.1, 0.15) is 23.7 Å². The highest BCUT2D eigenvalue weighted by Crippen LogP contribution is 2.48. The average Bonchev–Trinajstić information content (AvgIpc) is 3.01. The predicted molar refractivity (Wildman–Crippen MR) is 95.5 cm³/mol. The average molecular weight is 341 g/mol. The molecular weight excluding hydrogens is 324 g/mol. The van der Waals surface area contributed by atoms with E-state index in [0.717, 1.165) is 16.6 Å². The van der Waals surface area contributed by atoms with Crippen LogP contribution in [0.25, 0.3) is 10.9 Å². The Morgan fingerprint density at radius 2 is 2.00 bits per heavy atom. The third-order valence-electron chi connectivity index (χ3n) is 4.77. The number of H-pyrrole nitrogens is 1. The summed E-state index contributed by atoms with van der Waals surface area (Å²) in [5.41, 5.74) is 1.77. The van der Waals surface area contributed by atoms with Crippen molar-refractivity contribution < 1.29 is 9.90 Å². The number of rotatable bonds is 2. The van der Waals surface area contributed by atoms with E-state index in [0.29, 0.717) is 28.4 Å². The summed E-state index contributed by atoms with van der Waals surface area (Å²) in [6.45, 7) is 4.25.